The van der Waals surface area contributed by atoms with Crippen molar-refractivity contribution in [2.45, 2.75) is 0 Å². The molecule has 3 aromatic rings. The number of nitrogens with zero attached hydrogens (tertiary/aromatic N) is 3. The van der Waals surface area contributed by atoms with Crippen LogP contribution >= 0.6 is 11.6 Å². The van der Waals surface area contributed by atoms with Crippen molar-refractivity contribution >= 4 is 22.6 Å². The van der Waals surface area contributed by atoms with Crippen molar-refractivity contribution in [3.8, 4) is 23.2 Å². The number of methoxy groups -OCH3 is 1. The van der Waals surface area contributed by atoms with Gasteiger partial charge in [0.05, 0.1) is 23.8 Å². The fourth-order valence-electron chi connectivity index (χ4n) is 2.40. The molecule has 0 aliphatic carbocycles. The third kappa shape index (κ3) is 2.12. The summed E-state index contributed by atoms with van der Waals surface area (Å²) in [5, 5.41) is 9.82. The van der Waals surface area contributed by atoms with Crippen LogP contribution in [0.15, 0.2) is 36.4 Å². The second kappa shape index (κ2) is 5.12. The minimum Gasteiger partial charge on any atom is -0.496 e. The largest absolute Gasteiger partial charge is 0.496 e. The van der Waals surface area contributed by atoms with Crippen molar-refractivity contribution in [2.24, 2.45) is 7.05 Å². The molecular formula is C16H12ClN3O. The Kier molecular flexibility index (Phi) is 3.28. The second-order valence-corrected chi connectivity index (χ2v) is 5.06. The molecule has 0 N–H and O–H groups in total. The summed E-state index contributed by atoms with van der Waals surface area (Å²) in [6.07, 6.45) is 0. The van der Waals surface area contributed by atoms with E-state index in [1.807, 2.05) is 35.9 Å². The van der Waals surface area contributed by atoms with Crippen molar-refractivity contribution in [1.29, 1.82) is 5.26 Å². The summed E-state index contributed by atoms with van der Waals surface area (Å²) in [6.45, 7) is 0. The number of aromatic nitrogens is 2. The van der Waals surface area contributed by atoms with E-state index in [2.05, 4.69) is 11.1 Å². The molecule has 0 radical (unpaired) electrons. The van der Waals surface area contributed by atoms with Gasteiger partial charge in [-0.05, 0) is 30.3 Å². The smallest absolute Gasteiger partial charge is 0.144 e. The molecule has 0 aliphatic heterocycles. The van der Waals surface area contributed by atoms with Crippen LogP contribution in [0.3, 0.4) is 0 Å². The van der Waals surface area contributed by atoms with Crippen molar-refractivity contribution in [1.82, 2.24) is 9.55 Å². The number of ether oxygens (including phenoxy) is 1. The average Bonchev–Trinajstić information content (AvgIpc) is 2.84. The molecule has 0 unspecified atom stereocenters. The van der Waals surface area contributed by atoms with E-state index in [9.17, 15) is 5.26 Å². The maximum Gasteiger partial charge on any atom is 0.144 e. The third-order valence-corrected chi connectivity index (χ3v) is 3.67. The van der Waals surface area contributed by atoms with Gasteiger partial charge in [-0.25, -0.2) is 4.98 Å². The van der Waals surface area contributed by atoms with Crippen LogP contribution < -0.4 is 4.74 Å². The van der Waals surface area contributed by atoms with E-state index in [0.29, 0.717) is 27.7 Å². The van der Waals surface area contributed by atoms with Gasteiger partial charge in [0, 0.05) is 12.1 Å². The zero-order chi connectivity index (χ0) is 15.0. The summed E-state index contributed by atoms with van der Waals surface area (Å²) in [4.78, 5) is 4.60. The summed E-state index contributed by atoms with van der Waals surface area (Å²) in [5.41, 5.74) is 2.92. The van der Waals surface area contributed by atoms with Crippen LogP contribution in [0.4, 0.5) is 0 Å². The Morgan fingerprint density at radius 1 is 1.29 bits per heavy atom. The number of aryl methyl sites for hydroxylation is 1. The molecule has 2 aromatic carbocycles. The highest BCUT2D eigenvalue weighted by molar-refractivity contribution is 6.31. The summed E-state index contributed by atoms with van der Waals surface area (Å²) in [6, 6.07) is 13.1. The molecular weight excluding hydrogens is 286 g/mol. The predicted octanol–water partition coefficient (Wildman–Crippen LogP) is 3.77. The van der Waals surface area contributed by atoms with Crippen molar-refractivity contribution < 1.29 is 4.74 Å². The van der Waals surface area contributed by atoms with Crippen molar-refractivity contribution in [2.75, 3.05) is 7.11 Å². The number of para-hydroxylation sites is 1. The van der Waals surface area contributed by atoms with Crippen molar-refractivity contribution in [3.05, 3.63) is 47.0 Å². The monoisotopic (exact) mass is 297 g/mol. The highest BCUT2D eigenvalue weighted by Gasteiger charge is 2.16. The lowest BCUT2D eigenvalue weighted by atomic mass is 10.2. The Balaban J connectivity index is 2.34. The number of fused-ring (bicyclic) bond motifs is 1. The van der Waals surface area contributed by atoms with Crippen LogP contribution in [0.1, 0.15) is 5.56 Å². The molecule has 0 bridgehead atoms. The van der Waals surface area contributed by atoms with Gasteiger partial charge in [0.15, 0.2) is 0 Å². The Morgan fingerprint density at radius 2 is 2.10 bits per heavy atom. The molecule has 0 amide bonds. The second-order valence-electron chi connectivity index (χ2n) is 4.62. The molecule has 0 saturated carbocycles. The highest BCUT2D eigenvalue weighted by atomic mass is 35.5. The Bertz CT molecular complexity index is 877. The SMILES string of the molecule is COc1ccc(Cl)cc1-c1nc2c(C#N)cccc2n1C. The van der Waals surface area contributed by atoms with Crippen LogP contribution in [0.5, 0.6) is 5.75 Å². The number of nitriles is 1. The molecule has 0 saturated heterocycles. The molecule has 104 valence electrons. The Morgan fingerprint density at radius 3 is 2.81 bits per heavy atom. The minimum absolute atomic E-state index is 0.551. The van der Waals surface area contributed by atoms with Crippen LogP contribution in [0, 0.1) is 11.3 Å². The fourth-order valence-corrected chi connectivity index (χ4v) is 2.57. The summed E-state index contributed by atoms with van der Waals surface area (Å²) < 4.78 is 7.32. The van der Waals surface area contributed by atoms with E-state index in [1.54, 1.807) is 19.2 Å². The first-order valence-corrected chi connectivity index (χ1v) is 6.73. The van der Waals surface area contributed by atoms with Gasteiger partial charge < -0.3 is 9.30 Å². The van der Waals surface area contributed by atoms with Gasteiger partial charge in [0.25, 0.3) is 0 Å². The molecule has 5 heteroatoms. The van der Waals surface area contributed by atoms with Crippen LogP contribution in [0.2, 0.25) is 5.02 Å². The van der Waals surface area contributed by atoms with Crippen LogP contribution in [-0.4, -0.2) is 16.7 Å². The van der Waals surface area contributed by atoms with E-state index >= 15 is 0 Å². The number of hydrogen-bond donors (Lipinski definition) is 0. The Hall–Kier alpha value is -2.51. The normalized spacial score (nSPS) is 10.6. The van der Waals surface area contributed by atoms with E-state index in [-0.39, 0.29) is 0 Å². The lowest BCUT2D eigenvalue weighted by Crippen LogP contribution is -1.95. The molecule has 4 nitrogen and oxygen atoms in total. The fraction of sp³-hybridized carbons (Fsp3) is 0.125. The summed E-state index contributed by atoms with van der Waals surface area (Å²) >= 11 is 6.09. The number of hydrogen-bond acceptors (Lipinski definition) is 3. The van der Waals surface area contributed by atoms with E-state index in [1.165, 1.54) is 0 Å². The molecule has 0 atom stereocenters. The average molecular weight is 298 g/mol. The Labute approximate surface area is 127 Å². The maximum atomic E-state index is 9.21. The zero-order valence-electron chi connectivity index (χ0n) is 11.6. The maximum absolute atomic E-state index is 9.21. The van der Waals surface area contributed by atoms with Crippen molar-refractivity contribution in [3.63, 3.8) is 0 Å². The standard InChI is InChI=1S/C16H12ClN3O/c1-20-13-5-3-4-10(9-18)15(13)19-16(20)12-8-11(17)6-7-14(12)21-2/h3-8H,1-2H3. The predicted molar refractivity (Wildman–Crippen MR) is 82.4 cm³/mol. The highest BCUT2D eigenvalue weighted by Crippen LogP contribution is 2.33. The number of rotatable bonds is 2. The van der Waals surface area contributed by atoms with Gasteiger partial charge in [0.2, 0.25) is 0 Å². The first-order chi connectivity index (χ1) is 10.2. The zero-order valence-corrected chi connectivity index (χ0v) is 12.3. The lowest BCUT2D eigenvalue weighted by Gasteiger charge is -2.08. The number of imidazole rings is 1. The van der Waals surface area contributed by atoms with Gasteiger partial charge in [-0.3, -0.25) is 0 Å². The first kappa shape index (κ1) is 13.5. The van der Waals surface area contributed by atoms with Crippen LogP contribution in [-0.2, 0) is 7.05 Å². The van der Waals surface area contributed by atoms with Gasteiger partial charge in [-0.15, -0.1) is 0 Å². The van der Waals surface area contributed by atoms with E-state index < -0.39 is 0 Å². The summed E-state index contributed by atoms with van der Waals surface area (Å²) in [5.74, 6) is 1.41. The minimum atomic E-state index is 0.551. The van der Waals surface area contributed by atoms with Gasteiger partial charge in [0.1, 0.15) is 23.2 Å². The molecule has 1 heterocycles. The molecule has 0 spiro atoms. The molecule has 3 rings (SSSR count). The number of halogens is 1. The lowest BCUT2D eigenvalue weighted by molar-refractivity contribution is 0.416. The quantitative estimate of drug-likeness (QED) is 0.723. The van der Waals surface area contributed by atoms with Gasteiger partial charge >= 0.3 is 0 Å². The first-order valence-electron chi connectivity index (χ1n) is 6.35. The molecule has 21 heavy (non-hydrogen) atoms. The van der Waals surface area contributed by atoms with E-state index in [0.717, 1.165) is 11.1 Å². The van der Waals surface area contributed by atoms with Gasteiger partial charge in [-0.2, -0.15) is 5.26 Å². The molecule has 0 aliphatic rings. The van der Waals surface area contributed by atoms with Crippen LogP contribution in [0.25, 0.3) is 22.4 Å². The third-order valence-electron chi connectivity index (χ3n) is 3.43. The van der Waals surface area contributed by atoms with E-state index in [4.69, 9.17) is 16.3 Å². The van der Waals surface area contributed by atoms with Gasteiger partial charge in [-0.1, -0.05) is 17.7 Å². The summed E-state index contributed by atoms with van der Waals surface area (Å²) in [7, 11) is 3.52. The number of benzene rings is 2. The topological polar surface area (TPSA) is 50.8 Å². The molecule has 0 fully saturated rings. The molecule has 1 aromatic heterocycles.